The maximum Gasteiger partial charge on any atom is 0.137 e. The number of rotatable bonds is 6. The van der Waals surface area contributed by atoms with Crippen LogP contribution in [0, 0.1) is 13.8 Å². The van der Waals surface area contributed by atoms with Gasteiger partial charge in [0.1, 0.15) is 23.2 Å². The molecule has 0 atom stereocenters. The van der Waals surface area contributed by atoms with Crippen LogP contribution in [0.25, 0.3) is 0 Å². The second kappa shape index (κ2) is 6.61. The molecule has 114 valence electrons. The van der Waals surface area contributed by atoms with Gasteiger partial charge in [-0.25, -0.2) is 9.97 Å². The monoisotopic (exact) mass is 288 g/mol. The number of anilines is 2. The lowest BCUT2D eigenvalue weighted by Gasteiger charge is -2.22. The highest BCUT2D eigenvalue weighted by Crippen LogP contribution is 2.25. The Morgan fingerprint density at radius 3 is 2.62 bits per heavy atom. The molecule has 0 aliphatic carbocycles. The van der Waals surface area contributed by atoms with Gasteiger partial charge in [-0.3, -0.25) is 0 Å². The molecule has 5 heteroatoms. The Hall–Kier alpha value is -2.04. The van der Waals surface area contributed by atoms with E-state index in [2.05, 4.69) is 36.1 Å². The molecule has 0 amide bonds. The third-order valence-corrected chi connectivity index (χ3v) is 3.61. The van der Waals surface area contributed by atoms with Gasteiger partial charge >= 0.3 is 0 Å². The lowest BCUT2D eigenvalue weighted by atomic mass is 10.2. The van der Waals surface area contributed by atoms with E-state index in [1.54, 1.807) is 6.26 Å². The van der Waals surface area contributed by atoms with Crippen LogP contribution in [0.3, 0.4) is 0 Å². The molecule has 0 saturated heterocycles. The zero-order chi connectivity index (χ0) is 15.4. The van der Waals surface area contributed by atoms with Crippen molar-refractivity contribution in [3.63, 3.8) is 0 Å². The van der Waals surface area contributed by atoms with Crippen LogP contribution in [-0.2, 0) is 13.0 Å². The van der Waals surface area contributed by atoms with Crippen molar-refractivity contribution in [2.24, 2.45) is 0 Å². The van der Waals surface area contributed by atoms with E-state index in [-0.39, 0.29) is 0 Å². The Kier molecular flexibility index (Phi) is 4.83. The van der Waals surface area contributed by atoms with E-state index >= 15 is 0 Å². The highest BCUT2D eigenvalue weighted by Gasteiger charge is 2.15. The zero-order valence-electron chi connectivity index (χ0n) is 13.5. The van der Waals surface area contributed by atoms with Gasteiger partial charge < -0.3 is 14.6 Å². The largest absolute Gasteiger partial charge is 0.469 e. The van der Waals surface area contributed by atoms with E-state index in [1.165, 1.54) is 5.56 Å². The summed E-state index contributed by atoms with van der Waals surface area (Å²) in [5.41, 5.74) is 2.25. The second-order valence-corrected chi connectivity index (χ2v) is 5.30. The van der Waals surface area contributed by atoms with Gasteiger partial charge in [0, 0.05) is 38.2 Å². The normalized spacial score (nSPS) is 10.7. The lowest BCUT2D eigenvalue weighted by molar-refractivity contribution is 0.529. The van der Waals surface area contributed by atoms with Gasteiger partial charge in [0.15, 0.2) is 0 Å². The van der Waals surface area contributed by atoms with E-state index < -0.39 is 0 Å². The van der Waals surface area contributed by atoms with Crippen molar-refractivity contribution in [1.29, 1.82) is 0 Å². The minimum Gasteiger partial charge on any atom is -0.469 e. The summed E-state index contributed by atoms with van der Waals surface area (Å²) in [6.07, 6.45) is 3.66. The number of furan rings is 1. The summed E-state index contributed by atoms with van der Waals surface area (Å²) in [5, 5.41) is 3.16. The second-order valence-electron chi connectivity index (χ2n) is 5.30. The minimum absolute atomic E-state index is 0.773. The smallest absolute Gasteiger partial charge is 0.137 e. The molecule has 0 saturated carbocycles. The molecule has 0 aromatic carbocycles. The number of hydrogen-bond acceptors (Lipinski definition) is 5. The fraction of sp³-hybridized carbons (Fsp3) is 0.500. The number of aryl methyl sites for hydroxylation is 2. The lowest BCUT2D eigenvalue weighted by Crippen LogP contribution is -2.21. The van der Waals surface area contributed by atoms with Crippen LogP contribution in [0.1, 0.15) is 36.1 Å². The Bertz CT molecular complexity index is 606. The molecule has 0 radical (unpaired) electrons. The predicted octanol–water partition coefficient (Wildman–Crippen LogP) is 3.32. The van der Waals surface area contributed by atoms with Gasteiger partial charge in [0.05, 0.1) is 6.26 Å². The van der Waals surface area contributed by atoms with Crippen molar-refractivity contribution in [2.45, 2.75) is 40.2 Å². The summed E-state index contributed by atoms with van der Waals surface area (Å²) in [6, 6.07) is 2.01. The number of aromatic nitrogens is 2. The molecule has 2 aromatic rings. The molecule has 0 spiro atoms. The average Bonchev–Trinajstić information content (AvgIpc) is 2.86. The van der Waals surface area contributed by atoms with Crippen LogP contribution >= 0.6 is 0 Å². The third kappa shape index (κ3) is 3.35. The Balaban J connectivity index is 2.32. The first-order valence-electron chi connectivity index (χ1n) is 7.36. The van der Waals surface area contributed by atoms with Crippen molar-refractivity contribution in [1.82, 2.24) is 9.97 Å². The zero-order valence-corrected chi connectivity index (χ0v) is 13.5. The fourth-order valence-electron chi connectivity index (χ4n) is 2.41. The quantitative estimate of drug-likeness (QED) is 0.883. The van der Waals surface area contributed by atoms with Gasteiger partial charge in [0.25, 0.3) is 0 Å². The molecule has 5 nitrogen and oxygen atoms in total. The van der Waals surface area contributed by atoms with Crippen molar-refractivity contribution in [2.75, 3.05) is 24.3 Å². The van der Waals surface area contributed by atoms with Gasteiger partial charge in [-0.15, -0.1) is 0 Å². The molecule has 1 N–H and O–H groups in total. The summed E-state index contributed by atoms with van der Waals surface area (Å²) in [7, 11) is 3.95. The third-order valence-electron chi connectivity index (χ3n) is 3.61. The van der Waals surface area contributed by atoms with Gasteiger partial charge in [0.2, 0.25) is 0 Å². The maximum absolute atomic E-state index is 5.37. The molecule has 2 heterocycles. The molecule has 2 rings (SSSR count). The fourth-order valence-corrected chi connectivity index (χ4v) is 2.41. The molecule has 0 aliphatic heterocycles. The molecule has 0 fully saturated rings. The van der Waals surface area contributed by atoms with Crippen LogP contribution in [0.4, 0.5) is 11.6 Å². The van der Waals surface area contributed by atoms with Crippen LogP contribution in [0.15, 0.2) is 16.7 Å². The van der Waals surface area contributed by atoms with E-state index in [4.69, 9.17) is 9.40 Å². The highest BCUT2D eigenvalue weighted by molar-refractivity contribution is 5.58. The van der Waals surface area contributed by atoms with Crippen LogP contribution < -0.4 is 10.2 Å². The summed E-state index contributed by atoms with van der Waals surface area (Å²) in [6.45, 7) is 6.95. The molecular formula is C16H24N4O. The standard InChI is InChI=1S/C16H24N4O/c1-6-7-14-18-15(17-4)11(2)16(19-14)20(5)10-13-8-9-21-12(13)3/h8-9H,6-7,10H2,1-5H3,(H,17,18,19). The van der Waals surface area contributed by atoms with Crippen LogP contribution in [0.2, 0.25) is 0 Å². The predicted molar refractivity (Wildman–Crippen MR) is 85.9 cm³/mol. The first kappa shape index (κ1) is 15.4. The van der Waals surface area contributed by atoms with Crippen LogP contribution in [-0.4, -0.2) is 24.1 Å². The van der Waals surface area contributed by atoms with Gasteiger partial charge in [-0.2, -0.15) is 0 Å². The number of hydrogen-bond donors (Lipinski definition) is 1. The summed E-state index contributed by atoms with van der Waals surface area (Å²) in [5.74, 6) is 3.71. The van der Waals surface area contributed by atoms with Gasteiger partial charge in [-0.05, 0) is 26.3 Å². The first-order valence-corrected chi connectivity index (χ1v) is 7.36. The maximum atomic E-state index is 5.37. The topological polar surface area (TPSA) is 54.2 Å². The van der Waals surface area contributed by atoms with Crippen molar-refractivity contribution in [3.05, 3.63) is 35.0 Å². The first-order chi connectivity index (χ1) is 10.1. The Labute approximate surface area is 126 Å². The van der Waals surface area contributed by atoms with Crippen molar-refractivity contribution < 1.29 is 4.42 Å². The van der Waals surface area contributed by atoms with E-state index in [1.807, 2.05) is 20.0 Å². The molecule has 0 unspecified atom stereocenters. The van der Waals surface area contributed by atoms with Crippen molar-refractivity contribution in [3.8, 4) is 0 Å². The van der Waals surface area contributed by atoms with Crippen LogP contribution in [0.5, 0.6) is 0 Å². The SMILES string of the molecule is CCCc1nc(NC)c(C)c(N(C)Cc2ccoc2C)n1. The minimum atomic E-state index is 0.773. The van der Waals surface area contributed by atoms with E-state index in [0.29, 0.717) is 0 Å². The number of nitrogens with one attached hydrogen (secondary N) is 1. The molecule has 2 aromatic heterocycles. The average molecular weight is 288 g/mol. The molecule has 0 aliphatic rings. The Morgan fingerprint density at radius 2 is 2.05 bits per heavy atom. The van der Waals surface area contributed by atoms with E-state index in [9.17, 15) is 0 Å². The number of nitrogens with zero attached hydrogens (tertiary/aromatic N) is 3. The Morgan fingerprint density at radius 1 is 1.29 bits per heavy atom. The van der Waals surface area contributed by atoms with Crippen molar-refractivity contribution >= 4 is 11.6 Å². The summed E-state index contributed by atoms with van der Waals surface area (Å²) in [4.78, 5) is 11.4. The van der Waals surface area contributed by atoms with E-state index in [0.717, 1.165) is 48.2 Å². The molecule has 21 heavy (non-hydrogen) atoms. The molecular weight excluding hydrogens is 264 g/mol. The highest BCUT2D eigenvalue weighted by atomic mass is 16.3. The summed E-state index contributed by atoms with van der Waals surface area (Å²) >= 11 is 0. The summed E-state index contributed by atoms with van der Waals surface area (Å²) < 4.78 is 5.37. The molecule has 0 bridgehead atoms. The van der Waals surface area contributed by atoms with Gasteiger partial charge in [-0.1, -0.05) is 6.92 Å².